The zero-order valence-electron chi connectivity index (χ0n) is 21.1. The number of hydrogen-bond donors (Lipinski definition) is 4. The molecule has 6 rings (SSSR count). The molecule has 40 heavy (non-hydrogen) atoms. The third kappa shape index (κ3) is 5.00. The molecule has 3 aromatic heterocycles. The lowest BCUT2D eigenvalue weighted by molar-refractivity contribution is -0.107. The van der Waals surface area contributed by atoms with Crippen molar-refractivity contribution in [3.63, 3.8) is 0 Å². The van der Waals surface area contributed by atoms with E-state index < -0.39 is 31.1 Å². The van der Waals surface area contributed by atoms with E-state index in [-0.39, 0.29) is 12.0 Å². The van der Waals surface area contributed by atoms with E-state index in [0.29, 0.717) is 53.9 Å². The summed E-state index contributed by atoms with van der Waals surface area (Å²) in [4.78, 5) is 27.2. The molecule has 0 bridgehead atoms. The highest BCUT2D eigenvalue weighted by Crippen LogP contribution is 2.33. The molecular weight excluding hydrogens is 544 g/mol. The summed E-state index contributed by atoms with van der Waals surface area (Å²) in [5.74, 6) is 0.595. The molecule has 2 fully saturated rings. The van der Waals surface area contributed by atoms with Gasteiger partial charge < -0.3 is 35.0 Å². The molecule has 1 amide bonds. The number of halogens is 1. The Morgan fingerprint density at radius 3 is 2.73 bits per heavy atom. The molecule has 14 nitrogen and oxygen atoms in total. The quantitative estimate of drug-likeness (QED) is 0.208. The maximum atomic E-state index is 11.9. The van der Waals surface area contributed by atoms with E-state index in [1.165, 1.54) is 26.7 Å². The summed E-state index contributed by atoms with van der Waals surface area (Å²) in [6, 6.07) is 7.19. The average molecular weight is 571 g/mol. The number of rotatable bonds is 9. The van der Waals surface area contributed by atoms with Crippen LogP contribution in [0.15, 0.2) is 43.0 Å². The number of benzene rings is 1. The number of carbonyl (C=O) groups excluding carboxylic acids is 1. The summed E-state index contributed by atoms with van der Waals surface area (Å²) in [6.07, 6.45) is 1.47. The molecule has 210 valence electrons. The van der Waals surface area contributed by atoms with Crippen molar-refractivity contribution in [1.29, 1.82) is 0 Å². The first-order chi connectivity index (χ1) is 19.4. The number of fused-ring (bicyclic) bond motifs is 1. The highest BCUT2D eigenvalue weighted by Gasteiger charge is 2.44. The van der Waals surface area contributed by atoms with Crippen LogP contribution in [0.1, 0.15) is 18.2 Å². The van der Waals surface area contributed by atoms with Gasteiger partial charge in [0.25, 0.3) is 5.95 Å². The molecule has 2 aliphatic rings. The number of anilines is 2. The Hall–Kier alpha value is -3.66. The van der Waals surface area contributed by atoms with Gasteiger partial charge in [0.1, 0.15) is 18.3 Å². The molecule has 0 radical (unpaired) electrons. The van der Waals surface area contributed by atoms with Crippen molar-refractivity contribution in [2.75, 3.05) is 30.0 Å². The average Bonchev–Trinajstić information content (AvgIpc) is 3.77. The smallest absolute Gasteiger partial charge is 0.254 e. The maximum Gasteiger partial charge on any atom is 0.254 e. The fourth-order valence-corrected chi connectivity index (χ4v) is 4.92. The number of nitrogens with one attached hydrogen (secondary N) is 1. The van der Waals surface area contributed by atoms with Crippen LogP contribution in [0.4, 0.5) is 11.5 Å². The third-order valence-corrected chi connectivity index (χ3v) is 7.22. The lowest BCUT2D eigenvalue weighted by Crippen LogP contribution is -2.33. The maximum absolute atomic E-state index is 11.9. The highest BCUT2D eigenvalue weighted by molar-refractivity contribution is 6.30. The minimum absolute atomic E-state index is 0.00289. The second-order valence-corrected chi connectivity index (χ2v) is 10.1. The van der Waals surface area contributed by atoms with Crippen molar-refractivity contribution in [2.24, 2.45) is 0 Å². The van der Waals surface area contributed by atoms with E-state index in [0.717, 1.165) is 12.0 Å². The highest BCUT2D eigenvalue weighted by atomic mass is 35.5. The van der Waals surface area contributed by atoms with Gasteiger partial charge in [-0.3, -0.25) is 9.36 Å². The van der Waals surface area contributed by atoms with Gasteiger partial charge in [-0.25, -0.2) is 9.67 Å². The lowest BCUT2D eigenvalue weighted by Gasteiger charge is -2.17. The number of nitrogens with zero attached hydrogens (tertiary/aromatic N) is 7. The van der Waals surface area contributed by atoms with E-state index in [1.54, 1.807) is 18.3 Å². The van der Waals surface area contributed by atoms with Crippen molar-refractivity contribution in [3.05, 3.63) is 53.6 Å². The molecule has 0 spiro atoms. The summed E-state index contributed by atoms with van der Waals surface area (Å²) in [5.41, 5.74) is 2.13. The molecule has 2 saturated heterocycles. The second-order valence-electron chi connectivity index (χ2n) is 9.63. The van der Waals surface area contributed by atoms with Crippen LogP contribution in [0.5, 0.6) is 0 Å². The molecule has 0 saturated carbocycles. The van der Waals surface area contributed by atoms with Gasteiger partial charge in [-0.1, -0.05) is 23.7 Å². The zero-order chi connectivity index (χ0) is 27.8. The minimum Gasteiger partial charge on any atom is -0.394 e. The number of aliphatic hydroxyl groups excluding tert-OH is 3. The molecule has 0 unspecified atom stereocenters. The van der Waals surface area contributed by atoms with Crippen LogP contribution in [0, 0.1) is 0 Å². The Morgan fingerprint density at radius 2 is 2.02 bits per heavy atom. The van der Waals surface area contributed by atoms with Gasteiger partial charge in [-0.2, -0.15) is 15.1 Å². The van der Waals surface area contributed by atoms with Crippen LogP contribution in [-0.4, -0.2) is 95.2 Å². The van der Waals surface area contributed by atoms with Crippen molar-refractivity contribution in [2.45, 2.75) is 43.5 Å². The van der Waals surface area contributed by atoms with Gasteiger partial charge in [0.15, 0.2) is 23.2 Å². The summed E-state index contributed by atoms with van der Waals surface area (Å²) in [5, 5.41) is 38.8. The van der Waals surface area contributed by atoms with Gasteiger partial charge in [-0.15, -0.1) is 0 Å². The van der Waals surface area contributed by atoms with Gasteiger partial charge in [0.05, 0.1) is 50.2 Å². The number of amides is 1. The molecule has 4 N–H and O–H groups in total. The van der Waals surface area contributed by atoms with E-state index >= 15 is 0 Å². The molecule has 1 aromatic carbocycles. The number of aromatic nitrogens is 6. The molecule has 5 atom stereocenters. The van der Waals surface area contributed by atoms with Crippen LogP contribution < -0.4 is 10.2 Å². The number of hydrogen-bond acceptors (Lipinski definition) is 11. The Bertz CT molecular complexity index is 1490. The van der Waals surface area contributed by atoms with E-state index in [1.807, 2.05) is 12.1 Å². The number of aliphatic hydroxyl groups is 3. The Morgan fingerprint density at radius 1 is 1.20 bits per heavy atom. The van der Waals surface area contributed by atoms with E-state index in [2.05, 4.69) is 25.4 Å². The van der Waals surface area contributed by atoms with E-state index in [4.69, 9.17) is 21.1 Å². The molecule has 5 heterocycles. The monoisotopic (exact) mass is 570 g/mol. The van der Waals surface area contributed by atoms with Crippen molar-refractivity contribution < 1.29 is 29.6 Å². The predicted molar refractivity (Wildman–Crippen MR) is 142 cm³/mol. The van der Waals surface area contributed by atoms with Gasteiger partial charge in [-0.05, 0) is 24.1 Å². The Balaban J connectivity index is 1.37. The number of ether oxygens (including phenoxy) is 2. The standard InChI is InChI=1S/C25H27ClN8O6/c26-15-3-1-14(2-4-15)8-32(13-36)17-7-28-34(9-17)25-30-22(29-16-5-6-39-11-16)19-23(31-25)33(12-27-19)24-21(38)20(37)18(10-35)40-24/h1-4,7,9,12-13,16,18,20-21,24,35,37-38H,5-6,8,10-11H2,(H,29,30,31)/t16-,18-,20-,21-,24-/m1/s1. The van der Waals surface area contributed by atoms with Crippen LogP contribution in [0.25, 0.3) is 17.1 Å². The fourth-order valence-electron chi connectivity index (χ4n) is 4.79. The first-order valence-electron chi connectivity index (χ1n) is 12.7. The first kappa shape index (κ1) is 26.6. The fraction of sp³-hybridized carbons (Fsp3) is 0.400. The summed E-state index contributed by atoms with van der Waals surface area (Å²) in [6.45, 7) is 0.961. The Labute approximate surface area is 232 Å². The normalized spacial score (nSPS) is 24.6. The number of imidazole rings is 1. The van der Waals surface area contributed by atoms with Crippen LogP contribution in [0.3, 0.4) is 0 Å². The molecule has 2 aliphatic heterocycles. The van der Waals surface area contributed by atoms with Crippen LogP contribution >= 0.6 is 11.6 Å². The largest absolute Gasteiger partial charge is 0.394 e. The van der Waals surface area contributed by atoms with Gasteiger partial charge in [0.2, 0.25) is 6.41 Å². The lowest BCUT2D eigenvalue weighted by atomic mass is 10.1. The third-order valence-electron chi connectivity index (χ3n) is 6.97. The first-order valence-corrected chi connectivity index (χ1v) is 13.1. The predicted octanol–water partition coefficient (Wildman–Crippen LogP) is 0.641. The van der Waals surface area contributed by atoms with E-state index in [9.17, 15) is 20.1 Å². The molecule has 4 aromatic rings. The molecule has 15 heteroatoms. The topological polar surface area (TPSA) is 173 Å². The summed E-state index contributed by atoms with van der Waals surface area (Å²) >= 11 is 5.98. The van der Waals surface area contributed by atoms with Gasteiger partial charge >= 0.3 is 0 Å². The van der Waals surface area contributed by atoms with Crippen molar-refractivity contribution in [1.82, 2.24) is 29.3 Å². The van der Waals surface area contributed by atoms with Crippen LogP contribution in [-0.2, 0) is 20.8 Å². The Kier molecular flexibility index (Phi) is 7.35. The SMILES string of the molecule is O=CN(Cc1ccc(Cl)cc1)c1cnn(-c2nc(N[C@@H]3CCOC3)c3ncn([C@@H]4O[C@H](CO)[C@@H](O)[C@H]4O)c3n2)c1. The van der Waals surface area contributed by atoms with Crippen molar-refractivity contribution in [3.8, 4) is 5.95 Å². The minimum atomic E-state index is -1.32. The summed E-state index contributed by atoms with van der Waals surface area (Å²) in [7, 11) is 0. The van der Waals surface area contributed by atoms with Crippen molar-refractivity contribution >= 4 is 40.7 Å². The molecule has 0 aliphatic carbocycles. The molecular formula is C25H27ClN8O6. The van der Waals surface area contributed by atoms with Gasteiger partial charge in [0, 0.05) is 11.6 Å². The number of carbonyl (C=O) groups is 1. The summed E-state index contributed by atoms with van der Waals surface area (Å²) < 4.78 is 14.1. The zero-order valence-corrected chi connectivity index (χ0v) is 21.9. The van der Waals surface area contributed by atoms with Crippen LogP contribution in [0.2, 0.25) is 5.02 Å². The second kappa shape index (κ2) is 11.1.